The largest absolute Gasteiger partial charge is 0.464 e. The van der Waals surface area contributed by atoms with E-state index in [1.54, 1.807) is 6.26 Å². The van der Waals surface area contributed by atoms with Crippen molar-refractivity contribution in [2.24, 2.45) is 11.1 Å². The number of hydrogen-bond donors (Lipinski definition) is 1. The minimum absolute atomic E-state index is 0.137. The van der Waals surface area contributed by atoms with Gasteiger partial charge >= 0.3 is 0 Å². The summed E-state index contributed by atoms with van der Waals surface area (Å²) in [5, 5.41) is 4.98. The molecule has 2 aromatic heterocycles. The van der Waals surface area contributed by atoms with Crippen LogP contribution in [-0.2, 0) is 0 Å². The third-order valence-electron chi connectivity index (χ3n) is 3.36. The maximum Gasteiger partial charge on any atom is 0.244 e. The number of fused-ring (bicyclic) bond motifs is 1. The molecule has 0 aliphatic rings. The second-order valence-electron chi connectivity index (χ2n) is 5.95. The molecule has 2 N–H and O–H groups in total. The van der Waals surface area contributed by atoms with E-state index in [2.05, 4.69) is 10.1 Å². The molecule has 0 bridgehead atoms. The lowest BCUT2D eigenvalue weighted by atomic mass is 9.87. The summed E-state index contributed by atoms with van der Waals surface area (Å²) in [6, 6.07) is 7.44. The average molecular weight is 271 g/mol. The van der Waals surface area contributed by atoms with Gasteiger partial charge in [-0.05, 0) is 11.5 Å². The zero-order valence-corrected chi connectivity index (χ0v) is 11.8. The van der Waals surface area contributed by atoms with Crippen molar-refractivity contribution < 1.29 is 8.94 Å². The molecule has 1 unspecified atom stereocenters. The predicted octanol–water partition coefficient (Wildman–Crippen LogP) is 3.53. The van der Waals surface area contributed by atoms with Crippen LogP contribution in [0.5, 0.6) is 0 Å². The van der Waals surface area contributed by atoms with Gasteiger partial charge in [-0.15, -0.1) is 0 Å². The highest BCUT2D eigenvalue weighted by molar-refractivity contribution is 5.91. The average Bonchev–Trinajstić information content (AvgIpc) is 3.02. The molecule has 0 amide bonds. The first-order valence-electron chi connectivity index (χ1n) is 6.52. The summed E-state index contributed by atoms with van der Waals surface area (Å²) in [4.78, 5) is 4.41. The molecule has 0 saturated heterocycles. The Morgan fingerprint density at radius 3 is 2.70 bits per heavy atom. The molecule has 1 aromatic carbocycles. The molecule has 5 nitrogen and oxygen atoms in total. The van der Waals surface area contributed by atoms with E-state index >= 15 is 0 Å². The van der Waals surface area contributed by atoms with E-state index in [4.69, 9.17) is 14.7 Å². The molecular weight excluding hydrogens is 254 g/mol. The van der Waals surface area contributed by atoms with Crippen LogP contribution in [-0.4, -0.2) is 10.1 Å². The summed E-state index contributed by atoms with van der Waals surface area (Å²) >= 11 is 0. The lowest BCUT2D eigenvalue weighted by molar-refractivity contribution is 0.253. The van der Waals surface area contributed by atoms with Gasteiger partial charge in [0.05, 0.1) is 11.6 Å². The number of furan rings is 1. The van der Waals surface area contributed by atoms with Crippen molar-refractivity contribution in [1.29, 1.82) is 0 Å². The zero-order valence-electron chi connectivity index (χ0n) is 11.8. The Hall–Kier alpha value is -2.14. The van der Waals surface area contributed by atoms with Crippen LogP contribution in [0.25, 0.3) is 22.4 Å². The van der Waals surface area contributed by atoms with Gasteiger partial charge in [0, 0.05) is 5.39 Å². The molecule has 104 valence electrons. The molecule has 0 spiro atoms. The molecule has 20 heavy (non-hydrogen) atoms. The molecule has 1 atom stereocenters. The van der Waals surface area contributed by atoms with Crippen molar-refractivity contribution in [1.82, 2.24) is 10.1 Å². The quantitative estimate of drug-likeness (QED) is 0.771. The highest BCUT2D eigenvalue weighted by Gasteiger charge is 2.28. The first-order chi connectivity index (χ1) is 9.47. The van der Waals surface area contributed by atoms with Crippen molar-refractivity contribution in [3.05, 3.63) is 36.4 Å². The first-order valence-corrected chi connectivity index (χ1v) is 6.52. The van der Waals surface area contributed by atoms with E-state index in [9.17, 15) is 0 Å². The lowest BCUT2D eigenvalue weighted by Gasteiger charge is -2.23. The van der Waals surface area contributed by atoms with E-state index in [-0.39, 0.29) is 11.5 Å². The van der Waals surface area contributed by atoms with Gasteiger partial charge < -0.3 is 14.7 Å². The molecule has 0 fully saturated rings. The van der Waals surface area contributed by atoms with Crippen LogP contribution in [0.4, 0.5) is 0 Å². The second-order valence-corrected chi connectivity index (χ2v) is 5.95. The van der Waals surface area contributed by atoms with Gasteiger partial charge in [-0.3, -0.25) is 0 Å². The number of nitrogens with two attached hydrogens (primary N) is 1. The molecule has 0 aliphatic heterocycles. The van der Waals surface area contributed by atoms with Crippen molar-refractivity contribution in [3.8, 4) is 11.4 Å². The zero-order chi connectivity index (χ0) is 14.3. The van der Waals surface area contributed by atoms with Crippen molar-refractivity contribution in [2.75, 3.05) is 0 Å². The van der Waals surface area contributed by atoms with Gasteiger partial charge in [-0.25, -0.2) is 0 Å². The van der Waals surface area contributed by atoms with Crippen LogP contribution in [0.1, 0.15) is 32.7 Å². The fourth-order valence-electron chi connectivity index (χ4n) is 1.99. The molecule has 0 radical (unpaired) electrons. The second kappa shape index (κ2) is 4.45. The van der Waals surface area contributed by atoms with Crippen molar-refractivity contribution >= 4 is 11.0 Å². The Kier molecular flexibility index (Phi) is 2.87. The number of para-hydroxylation sites is 1. The number of hydrogen-bond acceptors (Lipinski definition) is 5. The number of rotatable bonds is 2. The smallest absolute Gasteiger partial charge is 0.244 e. The number of nitrogens with zero attached hydrogens (tertiary/aromatic N) is 2. The van der Waals surface area contributed by atoms with Crippen molar-refractivity contribution in [2.45, 2.75) is 26.8 Å². The van der Waals surface area contributed by atoms with E-state index in [1.807, 2.05) is 45.0 Å². The van der Waals surface area contributed by atoms with E-state index in [1.165, 1.54) is 0 Å². The van der Waals surface area contributed by atoms with Crippen LogP contribution < -0.4 is 5.73 Å². The standard InChI is InChI=1S/C15H17N3O2/c1-15(2,3)12(16)14-17-13(18-20-14)10-8-19-11-7-5-4-6-9(10)11/h4-8,12H,16H2,1-3H3. The number of benzene rings is 1. The Morgan fingerprint density at radius 2 is 1.95 bits per heavy atom. The highest BCUT2D eigenvalue weighted by atomic mass is 16.5. The summed E-state index contributed by atoms with van der Waals surface area (Å²) in [5.74, 6) is 0.947. The Morgan fingerprint density at radius 1 is 1.20 bits per heavy atom. The molecule has 0 saturated carbocycles. The fraction of sp³-hybridized carbons (Fsp3) is 0.333. The summed E-state index contributed by atoms with van der Waals surface area (Å²) in [7, 11) is 0. The topological polar surface area (TPSA) is 78.1 Å². The Labute approximate surface area is 116 Å². The SMILES string of the molecule is CC(C)(C)C(N)c1nc(-c2coc3ccccc23)no1. The van der Waals surface area contributed by atoms with Gasteiger partial charge in [0.25, 0.3) is 0 Å². The minimum Gasteiger partial charge on any atom is -0.464 e. The van der Waals surface area contributed by atoms with Gasteiger partial charge in [-0.1, -0.05) is 44.1 Å². The lowest BCUT2D eigenvalue weighted by Crippen LogP contribution is -2.26. The molecule has 0 aliphatic carbocycles. The summed E-state index contributed by atoms with van der Waals surface area (Å²) < 4.78 is 10.8. The van der Waals surface area contributed by atoms with Gasteiger partial charge in [-0.2, -0.15) is 4.98 Å². The van der Waals surface area contributed by atoms with Gasteiger partial charge in [0.1, 0.15) is 11.8 Å². The van der Waals surface area contributed by atoms with Crippen molar-refractivity contribution in [3.63, 3.8) is 0 Å². The third kappa shape index (κ3) is 2.10. The number of aromatic nitrogens is 2. The Bertz CT molecular complexity index is 737. The maximum atomic E-state index is 6.13. The maximum absolute atomic E-state index is 6.13. The molecule has 3 rings (SSSR count). The van der Waals surface area contributed by atoms with Gasteiger partial charge in [0.2, 0.25) is 11.7 Å². The molecule has 3 aromatic rings. The van der Waals surface area contributed by atoms with Crippen LogP contribution >= 0.6 is 0 Å². The third-order valence-corrected chi connectivity index (χ3v) is 3.36. The summed E-state index contributed by atoms with van der Waals surface area (Å²) in [5.41, 5.74) is 7.61. The Balaban J connectivity index is 2.02. The van der Waals surface area contributed by atoms with Crippen LogP contribution in [0.15, 0.2) is 39.5 Å². The molecular formula is C15H17N3O2. The van der Waals surface area contributed by atoms with E-state index in [0.29, 0.717) is 11.7 Å². The van der Waals surface area contributed by atoms with Crippen LogP contribution in [0.3, 0.4) is 0 Å². The fourth-order valence-corrected chi connectivity index (χ4v) is 1.99. The first kappa shape index (κ1) is 12.9. The van der Waals surface area contributed by atoms with Gasteiger partial charge in [0.15, 0.2) is 0 Å². The van der Waals surface area contributed by atoms with E-state index < -0.39 is 0 Å². The normalized spacial score (nSPS) is 13.8. The minimum atomic E-state index is -0.304. The molecule has 5 heteroatoms. The highest BCUT2D eigenvalue weighted by Crippen LogP contribution is 2.32. The van der Waals surface area contributed by atoms with Crippen LogP contribution in [0, 0.1) is 5.41 Å². The molecule has 2 heterocycles. The van der Waals surface area contributed by atoms with Crippen LogP contribution in [0.2, 0.25) is 0 Å². The summed E-state index contributed by atoms with van der Waals surface area (Å²) in [6.07, 6.45) is 1.64. The predicted molar refractivity (Wildman–Crippen MR) is 75.9 cm³/mol. The summed E-state index contributed by atoms with van der Waals surface area (Å²) in [6.45, 7) is 6.11. The monoisotopic (exact) mass is 271 g/mol. The van der Waals surface area contributed by atoms with E-state index in [0.717, 1.165) is 16.5 Å².